The molecule has 3 heteroatoms. The van der Waals surface area contributed by atoms with Gasteiger partial charge in [0.1, 0.15) is 0 Å². The van der Waals surface area contributed by atoms with Crippen LogP contribution in [0, 0.1) is 5.92 Å². The fourth-order valence-electron chi connectivity index (χ4n) is 3.18. The molecule has 0 unspecified atom stereocenters. The Morgan fingerprint density at radius 1 is 0.736 bits per heavy atom. The zero-order chi connectivity index (χ0) is 43.8. The van der Waals surface area contributed by atoms with Gasteiger partial charge in [0.05, 0.1) is 0 Å². The number of hydrogen-bond donors (Lipinski definition) is 3. The van der Waals surface area contributed by atoms with Crippen LogP contribution in [0.25, 0.3) is 0 Å². The third-order valence-electron chi connectivity index (χ3n) is 6.64. The Morgan fingerprint density at radius 2 is 1.21 bits per heavy atom. The van der Waals surface area contributed by atoms with E-state index in [0.29, 0.717) is 0 Å². The van der Waals surface area contributed by atoms with E-state index in [2.05, 4.69) is 156 Å². The second-order valence-corrected chi connectivity index (χ2v) is 11.4. The van der Waals surface area contributed by atoms with E-state index in [1.807, 2.05) is 67.8 Å². The molecule has 0 aliphatic heterocycles. The molecule has 0 amide bonds. The molecule has 0 fully saturated rings. The van der Waals surface area contributed by atoms with Crippen molar-refractivity contribution in [2.24, 2.45) is 5.92 Å². The second kappa shape index (κ2) is 58.1. The van der Waals surface area contributed by atoms with Crippen molar-refractivity contribution in [2.75, 3.05) is 20.6 Å². The van der Waals surface area contributed by atoms with Gasteiger partial charge in [0.25, 0.3) is 0 Å². The SMILES string of the molecule is C=C(CC)NC.C=C/C(C)=C(\CC)NC(=C)CC.C=CC(=C)C(=C)CC.CC.CC.CC.CCC.CCC1=CC=C=C(C)C(CC)=C1.CNCC(C)C. The van der Waals surface area contributed by atoms with Gasteiger partial charge in [0.15, 0.2) is 0 Å². The molecule has 0 saturated heterocycles. The lowest BCUT2D eigenvalue weighted by atomic mass is 10.0. The van der Waals surface area contributed by atoms with E-state index in [1.165, 1.54) is 34.4 Å². The highest BCUT2D eigenvalue weighted by Gasteiger charge is 2.00. The van der Waals surface area contributed by atoms with Gasteiger partial charge < -0.3 is 16.0 Å². The first-order valence-corrected chi connectivity index (χ1v) is 20.7. The van der Waals surface area contributed by atoms with Gasteiger partial charge in [-0.15, -0.1) is 5.73 Å². The molecule has 0 aromatic carbocycles. The standard InChI is InChI=1S/C12H16.C11H19N.C8H12.C5H13N.C5H11N.C3H8.3C2H6/c1-4-11-8-6-7-10(3)12(5-2)9-11;1-6-9(4)11(8-3)12-10(5)7-2;1-5-7(3)8(4)6-2;1-5(2)4-6-3;1-4-5(2)6-3;1-3-2;3*1-2/h6,8-9H,4-5H2,1-3H3;6,12H,1,5,7-8H2,2-4H3;5H,1,3-4,6H2,2H3;5-6H,4H2,1-3H3;6H,2,4H2,1,3H3;3H2,1-2H3;3*1-2H3/b;11-9+;;;;;;;. The minimum absolute atomic E-state index is 0.787. The first-order valence-electron chi connectivity index (χ1n) is 20.7. The first kappa shape index (κ1) is 67.8. The molecule has 0 spiro atoms. The molecular formula is C50H97N3. The van der Waals surface area contributed by atoms with Gasteiger partial charge in [-0.3, -0.25) is 0 Å². The minimum atomic E-state index is 0.787. The van der Waals surface area contributed by atoms with Gasteiger partial charge in [-0.25, -0.2) is 0 Å². The lowest BCUT2D eigenvalue weighted by Gasteiger charge is -2.12. The monoisotopic (exact) mass is 740 g/mol. The fraction of sp³-hybridized carbons (Fsp3) is 0.580. The predicted octanol–water partition coefficient (Wildman–Crippen LogP) is 16.3. The summed E-state index contributed by atoms with van der Waals surface area (Å²) in [5.41, 5.74) is 13.9. The van der Waals surface area contributed by atoms with E-state index in [-0.39, 0.29) is 0 Å². The number of allylic oxidation sites excluding steroid dienone is 13. The van der Waals surface area contributed by atoms with Crippen LogP contribution in [0.1, 0.15) is 170 Å². The molecule has 0 aromatic rings. The van der Waals surface area contributed by atoms with Crippen molar-refractivity contribution < 1.29 is 0 Å². The first-order chi connectivity index (χ1) is 25.1. The number of rotatable bonds is 14. The molecule has 3 nitrogen and oxygen atoms in total. The van der Waals surface area contributed by atoms with Crippen molar-refractivity contribution in [3.05, 3.63) is 126 Å². The van der Waals surface area contributed by atoms with Crippen molar-refractivity contribution >= 4 is 0 Å². The maximum Gasteiger partial charge on any atom is 0.0175 e. The summed E-state index contributed by atoms with van der Waals surface area (Å²) in [4.78, 5) is 0. The third kappa shape index (κ3) is 55.7. The maximum atomic E-state index is 3.90. The summed E-state index contributed by atoms with van der Waals surface area (Å²) in [6.45, 7) is 61.0. The van der Waals surface area contributed by atoms with Crippen molar-refractivity contribution in [1.29, 1.82) is 0 Å². The smallest absolute Gasteiger partial charge is 0.0175 e. The van der Waals surface area contributed by atoms with Crippen LogP contribution in [0.2, 0.25) is 0 Å². The lowest BCUT2D eigenvalue weighted by molar-refractivity contribution is 0.595. The minimum Gasteiger partial charge on any atom is -0.392 e. The average Bonchev–Trinajstić information content (AvgIpc) is 3.39. The van der Waals surface area contributed by atoms with E-state index in [4.69, 9.17) is 0 Å². The van der Waals surface area contributed by atoms with E-state index in [1.54, 1.807) is 6.08 Å². The molecule has 0 heterocycles. The van der Waals surface area contributed by atoms with Gasteiger partial charge >= 0.3 is 0 Å². The molecule has 1 rings (SSSR count). The third-order valence-corrected chi connectivity index (χ3v) is 6.64. The summed E-state index contributed by atoms with van der Waals surface area (Å²) in [5, 5.41) is 9.27. The Balaban J connectivity index is -0.0000000771. The Labute approximate surface area is 337 Å². The van der Waals surface area contributed by atoms with Crippen LogP contribution in [0.3, 0.4) is 0 Å². The van der Waals surface area contributed by atoms with Crippen molar-refractivity contribution in [3.63, 3.8) is 0 Å². The van der Waals surface area contributed by atoms with Gasteiger partial charge in [-0.05, 0) is 111 Å². The topological polar surface area (TPSA) is 36.1 Å². The fourth-order valence-corrected chi connectivity index (χ4v) is 3.18. The Morgan fingerprint density at radius 3 is 1.43 bits per heavy atom. The van der Waals surface area contributed by atoms with Crippen molar-refractivity contribution in [3.8, 4) is 0 Å². The highest BCUT2D eigenvalue weighted by atomic mass is 14.9. The normalized spacial score (nSPS) is 10.3. The Kier molecular flexibility index (Phi) is 74.3. The summed E-state index contributed by atoms with van der Waals surface area (Å²) in [5.74, 6) is 0.787. The van der Waals surface area contributed by atoms with Crippen LogP contribution in [0.15, 0.2) is 126 Å². The maximum absolute atomic E-state index is 3.90. The quantitative estimate of drug-likeness (QED) is 0.123. The summed E-state index contributed by atoms with van der Waals surface area (Å²) in [7, 11) is 3.85. The van der Waals surface area contributed by atoms with Gasteiger partial charge in [-0.1, -0.05) is 181 Å². The highest BCUT2D eigenvalue weighted by molar-refractivity contribution is 5.40. The van der Waals surface area contributed by atoms with Crippen LogP contribution in [0.4, 0.5) is 0 Å². The lowest BCUT2D eigenvalue weighted by Crippen LogP contribution is -2.12. The summed E-state index contributed by atoms with van der Waals surface area (Å²) in [6.07, 6.45) is 17.5. The number of hydrogen-bond acceptors (Lipinski definition) is 3. The molecule has 1 aliphatic carbocycles. The molecule has 3 N–H and O–H groups in total. The van der Waals surface area contributed by atoms with Crippen LogP contribution in [-0.2, 0) is 0 Å². The number of nitrogens with one attached hydrogen (secondary N) is 3. The molecule has 0 saturated carbocycles. The Bertz CT molecular complexity index is 1030. The van der Waals surface area contributed by atoms with Crippen LogP contribution in [-0.4, -0.2) is 20.6 Å². The highest BCUT2D eigenvalue weighted by Crippen LogP contribution is 2.18. The van der Waals surface area contributed by atoms with Crippen LogP contribution >= 0.6 is 0 Å². The molecule has 312 valence electrons. The molecule has 0 atom stereocenters. The summed E-state index contributed by atoms with van der Waals surface area (Å²) < 4.78 is 0. The van der Waals surface area contributed by atoms with Gasteiger partial charge in [0, 0.05) is 24.1 Å². The molecule has 53 heavy (non-hydrogen) atoms. The molecule has 0 radical (unpaired) electrons. The average molecular weight is 740 g/mol. The Hall–Kier alpha value is -3.26. The summed E-state index contributed by atoms with van der Waals surface area (Å²) in [6, 6.07) is 0. The van der Waals surface area contributed by atoms with E-state index >= 15 is 0 Å². The molecule has 0 bridgehead atoms. The van der Waals surface area contributed by atoms with E-state index in [9.17, 15) is 0 Å². The summed E-state index contributed by atoms with van der Waals surface area (Å²) >= 11 is 0. The van der Waals surface area contributed by atoms with Crippen LogP contribution in [0.5, 0.6) is 0 Å². The zero-order valence-corrected chi connectivity index (χ0v) is 39.9. The predicted molar refractivity (Wildman–Crippen MR) is 256 cm³/mol. The molecule has 1 aliphatic rings. The van der Waals surface area contributed by atoms with Crippen molar-refractivity contribution in [2.45, 2.75) is 170 Å². The largest absolute Gasteiger partial charge is 0.392 e. The van der Waals surface area contributed by atoms with E-state index in [0.717, 1.165) is 73.5 Å². The van der Waals surface area contributed by atoms with Gasteiger partial charge in [0.2, 0.25) is 0 Å². The van der Waals surface area contributed by atoms with Gasteiger partial charge in [-0.2, -0.15) is 0 Å². The van der Waals surface area contributed by atoms with E-state index < -0.39 is 0 Å². The second-order valence-electron chi connectivity index (χ2n) is 11.4. The molecular weight excluding hydrogens is 643 g/mol. The zero-order valence-electron chi connectivity index (χ0n) is 39.9. The van der Waals surface area contributed by atoms with Crippen LogP contribution < -0.4 is 16.0 Å². The van der Waals surface area contributed by atoms with Crippen molar-refractivity contribution in [1.82, 2.24) is 16.0 Å². The molecule has 0 aromatic heterocycles.